The number of hydrogen-bond donors (Lipinski definition) is 0. The quantitative estimate of drug-likeness (QED) is 0.187. The summed E-state index contributed by atoms with van der Waals surface area (Å²) in [6, 6.07) is 42.6. The van der Waals surface area contributed by atoms with Gasteiger partial charge in [-0.25, -0.2) is 15.0 Å². The third-order valence-corrected chi connectivity index (χ3v) is 10.2. The van der Waals surface area contributed by atoms with E-state index in [2.05, 4.69) is 114 Å². The van der Waals surface area contributed by atoms with Crippen LogP contribution in [0.1, 0.15) is 23.0 Å². The first-order valence-electron chi connectivity index (χ1n) is 17.2. The van der Waals surface area contributed by atoms with Crippen LogP contribution in [-0.4, -0.2) is 27.1 Å². The van der Waals surface area contributed by atoms with E-state index in [1.54, 1.807) is 0 Å². The second kappa shape index (κ2) is 11.7. The van der Waals surface area contributed by atoms with Crippen LogP contribution < -0.4 is 9.64 Å². The smallest absolute Gasteiger partial charge is 0.164 e. The molecule has 2 aliphatic carbocycles. The average molecular weight is 645 g/mol. The van der Waals surface area contributed by atoms with Gasteiger partial charge in [0.2, 0.25) is 0 Å². The molecule has 0 radical (unpaired) electrons. The zero-order chi connectivity index (χ0) is 33.0. The zero-order valence-corrected chi connectivity index (χ0v) is 27.2. The normalized spacial score (nSPS) is 20.6. The Balaban J connectivity index is 1.04. The maximum atomic E-state index is 6.27. The van der Waals surface area contributed by atoms with Crippen LogP contribution in [0, 0.1) is 0 Å². The lowest BCUT2D eigenvalue weighted by Gasteiger charge is -2.29. The lowest BCUT2D eigenvalue weighted by atomic mass is 9.89. The molecule has 1 aromatic heterocycles. The summed E-state index contributed by atoms with van der Waals surface area (Å²) >= 11 is 0. The average Bonchev–Trinajstić information content (AvgIpc) is 3.73. The molecule has 5 heteroatoms. The molecule has 6 aromatic rings. The van der Waals surface area contributed by atoms with Crippen molar-refractivity contribution in [2.75, 3.05) is 4.90 Å². The fraction of sp³-hybridized carbons (Fsp3) is 0.0889. The second-order valence-electron chi connectivity index (χ2n) is 13.1. The van der Waals surface area contributed by atoms with E-state index >= 15 is 0 Å². The maximum Gasteiger partial charge on any atom is 0.164 e. The molecular weight excluding hydrogens is 613 g/mol. The summed E-state index contributed by atoms with van der Waals surface area (Å²) in [5, 5.41) is 0. The van der Waals surface area contributed by atoms with Crippen molar-refractivity contribution in [1.29, 1.82) is 0 Å². The number of hydrogen-bond acceptors (Lipinski definition) is 5. The predicted molar refractivity (Wildman–Crippen MR) is 200 cm³/mol. The molecule has 0 saturated carbocycles. The van der Waals surface area contributed by atoms with Crippen molar-refractivity contribution in [1.82, 2.24) is 15.0 Å². The van der Waals surface area contributed by atoms with Crippen molar-refractivity contribution in [3.63, 3.8) is 0 Å². The molecule has 0 saturated heterocycles. The minimum Gasteiger partial charge on any atom is -0.485 e. The molecule has 4 unspecified atom stereocenters. The topological polar surface area (TPSA) is 51.1 Å². The Labute approximate surface area is 291 Å². The Morgan fingerprint density at radius 3 is 1.84 bits per heavy atom. The molecule has 4 atom stereocenters. The van der Waals surface area contributed by atoms with Crippen molar-refractivity contribution in [3.8, 4) is 51.0 Å². The third-order valence-electron chi connectivity index (χ3n) is 10.2. The Bertz CT molecular complexity index is 2340. The number of rotatable bonds is 5. The SMILES string of the molecule is C1=CC2Oc3ccc(N4c5ccc(-c6cccc(-c7nc(-c8ccccc8)nc(-c8ccccc8)n7)c6)cc5C5C=CC=CC54)cc3C2C=C1. The number of benzene rings is 5. The minimum atomic E-state index is 0.0760. The molecule has 5 nitrogen and oxygen atoms in total. The highest BCUT2D eigenvalue weighted by Gasteiger charge is 2.39. The highest BCUT2D eigenvalue weighted by Crippen LogP contribution is 2.51. The molecule has 4 aliphatic rings. The Morgan fingerprint density at radius 2 is 1.08 bits per heavy atom. The lowest BCUT2D eigenvalue weighted by molar-refractivity contribution is 0.269. The summed E-state index contributed by atoms with van der Waals surface area (Å²) in [7, 11) is 0. The highest BCUT2D eigenvalue weighted by atomic mass is 16.5. The van der Waals surface area contributed by atoms with Crippen LogP contribution in [0.2, 0.25) is 0 Å². The fourth-order valence-electron chi connectivity index (χ4n) is 7.78. The maximum absolute atomic E-state index is 6.27. The molecule has 10 rings (SSSR count). The van der Waals surface area contributed by atoms with Crippen molar-refractivity contribution < 1.29 is 4.74 Å². The summed E-state index contributed by atoms with van der Waals surface area (Å²) in [6.07, 6.45) is 17.7. The number of fused-ring (bicyclic) bond motifs is 6. The monoisotopic (exact) mass is 644 g/mol. The summed E-state index contributed by atoms with van der Waals surface area (Å²) in [5.41, 5.74) is 10.2. The zero-order valence-electron chi connectivity index (χ0n) is 27.2. The van der Waals surface area contributed by atoms with E-state index in [-0.39, 0.29) is 24.0 Å². The summed E-state index contributed by atoms with van der Waals surface area (Å²) in [4.78, 5) is 17.3. The molecule has 5 aromatic carbocycles. The minimum absolute atomic E-state index is 0.0760. The first-order valence-corrected chi connectivity index (χ1v) is 17.2. The number of allylic oxidation sites excluding steroid dienone is 4. The van der Waals surface area contributed by atoms with Crippen LogP contribution in [0.4, 0.5) is 11.4 Å². The Kier molecular flexibility index (Phi) is 6.69. The van der Waals surface area contributed by atoms with Crippen molar-refractivity contribution in [2.24, 2.45) is 0 Å². The van der Waals surface area contributed by atoms with Crippen LogP contribution >= 0.6 is 0 Å². The van der Waals surface area contributed by atoms with Crippen LogP contribution in [0.25, 0.3) is 45.3 Å². The lowest BCUT2D eigenvalue weighted by Crippen LogP contribution is -2.28. The highest BCUT2D eigenvalue weighted by molar-refractivity contribution is 5.81. The molecule has 2 aliphatic heterocycles. The first-order chi connectivity index (χ1) is 24.8. The van der Waals surface area contributed by atoms with Crippen LogP contribution in [0.5, 0.6) is 5.75 Å². The van der Waals surface area contributed by atoms with Crippen LogP contribution in [0.15, 0.2) is 170 Å². The van der Waals surface area contributed by atoms with Gasteiger partial charge in [-0.05, 0) is 59.2 Å². The molecule has 3 heterocycles. The number of nitrogens with zero attached hydrogens (tertiary/aromatic N) is 4. The molecule has 0 N–H and O–H groups in total. The largest absolute Gasteiger partial charge is 0.485 e. The number of ether oxygens (including phenoxy) is 1. The van der Waals surface area contributed by atoms with Gasteiger partial charge in [-0.1, -0.05) is 127 Å². The van der Waals surface area contributed by atoms with Gasteiger partial charge in [-0.2, -0.15) is 0 Å². The summed E-state index contributed by atoms with van der Waals surface area (Å²) in [6.45, 7) is 0. The Hall–Kier alpha value is -6.33. The molecule has 50 heavy (non-hydrogen) atoms. The van der Waals surface area contributed by atoms with Crippen molar-refractivity contribution in [2.45, 2.75) is 24.0 Å². The van der Waals surface area contributed by atoms with Crippen LogP contribution in [-0.2, 0) is 0 Å². The second-order valence-corrected chi connectivity index (χ2v) is 13.1. The molecule has 238 valence electrons. The predicted octanol–water partition coefficient (Wildman–Crippen LogP) is 10.2. The van der Waals surface area contributed by atoms with Crippen LogP contribution in [0.3, 0.4) is 0 Å². The van der Waals surface area contributed by atoms with Gasteiger partial charge in [0.1, 0.15) is 11.9 Å². The van der Waals surface area contributed by atoms with Gasteiger partial charge >= 0.3 is 0 Å². The van der Waals surface area contributed by atoms with E-state index in [0.717, 1.165) is 28.0 Å². The van der Waals surface area contributed by atoms with Gasteiger partial charge in [0.05, 0.1) is 6.04 Å². The molecule has 0 amide bonds. The van der Waals surface area contributed by atoms with Gasteiger partial charge in [0, 0.05) is 45.5 Å². The molecule has 0 bridgehead atoms. The van der Waals surface area contributed by atoms with Gasteiger partial charge in [0.15, 0.2) is 17.5 Å². The Morgan fingerprint density at radius 1 is 0.460 bits per heavy atom. The molecule has 0 spiro atoms. The number of anilines is 2. The number of aromatic nitrogens is 3. The summed E-state index contributed by atoms with van der Waals surface area (Å²) < 4.78 is 6.27. The van der Waals surface area contributed by atoms with E-state index in [9.17, 15) is 0 Å². The van der Waals surface area contributed by atoms with Gasteiger partial charge in [-0.3, -0.25) is 0 Å². The van der Waals surface area contributed by atoms with E-state index in [4.69, 9.17) is 19.7 Å². The molecular formula is C45H32N4O. The molecule has 0 fully saturated rings. The summed E-state index contributed by atoms with van der Waals surface area (Å²) in [5.74, 6) is 3.45. The van der Waals surface area contributed by atoms with E-state index in [1.165, 1.54) is 28.1 Å². The van der Waals surface area contributed by atoms with Gasteiger partial charge < -0.3 is 9.64 Å². The first kappa shape index (κ1) is 28.7. The van der Waals surface area contributed by atoms with Gasteiger partial charge in [0.25, 0.3) is 0 Å². The standard InChI is InChI=1S/C45H32N4O/c1-3-12-29(13-4-1)43-46-44(30-14-5-2-6-15-30)48-45(47-43)33-17-11-16-31(26-33)32-22-24-40-37(27-32)35-18-7-9-20-39(35)49(40)34-23-25-42-38(28-34)36-19-8-10-21-41(36)50-42/h1-28,35-36,39,41H. The fourth-order valence-corrected chi connectivity index (χ4v) is 7.78. The van der Waals surface area contributed by atoms with E-state index in [0.29, 0.717) is 17.5 Å². The van der Waals surface area contributed by atoms with Crippen molar-refractivity contribution in [3.05, 3.63) is 181 Å². The third kappa shape index (κ3) is 4.81. The van der Waals surface area contributed by atoms with Crippen molar-refractivity contribution >= 4 is 11.4 Å². The van der Waals surface area contributed by atoms with E-state index in [1.807, 2.05) is 60.7 Å². The van der Waals surface area contributed by atoms with Gasteiger partial charge in [-0.15, -0.1) is 0 Å². The van der Waals surface area contributed by atoms with E-state index < -0.39 is 0 Å².